The molecule has 0 unspecified atom stereocenters. The van der Waals surface area contributed by atoms with Gasteiger partial charge < -0.3 is 24.6 Å². The number of nitrogens with zero attached hydrogens (tertiary/aromatic N) is 2. The van der Waals surface area contributed by atoms with Crippen LogP contribution in [-0.2, 0) is 0 Å². The molecule has 0 bridgehead atoms. The number of hydrogen-bond donors (Lipinski definition) is 1. The maximum atomic E-state index is 12.9. The van der Waals surface area contributed by atoms with E-state index in [9.17, 15) is 4.79 Å². The Balaban J connectivity index is 1.84. The van der Waals surface area contributed by atoms with Crippen LogP contribution in [0.2, 0.25) is 5.02 Å². The van der Waals surface area contributed by atoms with Crippen LogP contribution >= 0.6 is 11.6 Å². The van der Waals surface area contributed by atoms with E-state index < -0.39 is 0 Å². The number of anilines is 2. The molecule has 0 radical (unpaired) electrons. The highest BCUT2D eigenvalue weighted by molar-refractivity contribution is 6.31. The van der Waals surface area contributed by atoms with Crippen LogP contribution in [0.15, 0.2) is 36.4 Å². The Labute approximate surface area is 171 Å². The summed E-state index contributed by atoms with van der Waals surface area (Å²) in [4.78, 5) is 17.4. The molecule has 6 nitrogen and oxygen atoms in total. The number of carbonyl (C=O) groups is 1. The zero-order valence-corrected chi connectivity index (χ0v) is 17.3. The van der Waals surface area contributed by atoms with Crippen molar-refractivity contribution < 1.29 is 14.3 Å². The van der Waals surface area contributed by atoms with Gasteiger partial charge in [-0.2, -0.15) is 0 Å². The lowest BCUT2D eigenvalue weighted by Crippen LogP contribution is -2.44. The fourth-order valence-corrected chi connectivity index (χ4v) is 3.38. The number of nitrogens with one attached hydrogen (secondary N) is 1. The Hall–Kier alpha value is -2.44. The van der Waals surface area contributed by atoms with E-state index in [1.165, 1.54) is 0 Å². The Morgan fingerprint density at radius 1 is 1.11 bits per heavy atom. The molecular weight excluding hydrogens is 378 g/mol. The topological polar surface area (TPSA) is 54.0 Å². The number of rotatable bonds is 6. The van der Waals surface area contributed by atoms with E-state index in [-0.39, 0.29) is 5.91 Å². The number of ether oxygens (including phenoxy) is 2. The summed E-state index contributed by atoms with van der Waals surface area (Å²) < 4.78 is 10.9. The van der Waals surface area contributed by atoms with E-state index in [0.717, 1.165) is 31.9 Å². The maximum absolute atomic E-state index is 12.9. The third-order valence-corrected chi connectivity index (χ3v) is 5.01. The largest absolute Gasteiger partial charge is 0.493 e. The van der Waals surface area contributed by atoms with Gasteiger partial charge in [-0.1, -0.05) is 11.6 Å². The summed E-state index contributed by atoms with van der Waals surface area (Å²) in [5, 5.41) is 3.59. The van der Waals surface area contributed by atoms with Gasteiger partial charge in [0.1, 0.15) is 0 Å². The van der Waals surface area contributed by atoms with Crippen molar-refractivity contribution in [3.8, 4) is 11.5 Å². The first-order chi connectivity index (χ1) is 13.5. The third kappa shape index (κ3) is 4.69. The first-order valence-electron chi connectivity index (χ1n) is 9.37. The number of piperazine rings is 1. The van der Waals surface area contributed by atoms with Crippen molar-refractivity contribution >= 4 is 28.9 Å². The number of methoxy groups -OCH3 is 1. The number of benzene rings is 2. The second-order valence-corrected chi connectivity index (χ2v) is 7.14. The van der Waals surface area contributed by atoms with E-state index >= 15 is 0 Å². The monoisotopic (exact) mass is 403 g/mol. The van der Waals surface area contributed by atoms with Crippen LogP contribution in [0.3, 0.4) is 0 Å². The molecule has 28 heavy (non-hydrogen) atoms. The highest BCUT2D eigenvalue weighted by Crippen LogP contribution is 2.32. The Morgan fingerprint density at radius 2 is 1.86 bits per heavy atom. The lowest BCUT2D eigenvalue weighted by Gasteiger charge is -2.35. The van der Waals surface area contributed by atoms with Gasteiger partial charge in [0.15, 0.2) is 11.5 Å². The van der Waals surface area contributed by atoms with Gasteiger partial charge in [-0.3, -0.25) is 4.79 Å². The second kappa shape index (κ2) is 9.17. The van der Waals surface area contributed by atoms with Gasteiger partial charge in [0.05, 0.1) is 25.1 Å². The summed E-state index contributed by atoms with van der Waals surface area (Å²) in [6.45, 7) is 6.14. The summed E-state index contributed by atoms with van der Waals surface area (Å²) in [6.07, 6.45) is 0. The second-order valence-electron chi connectivity index (χ2n) is 6.70. The average molecular weight is 404 g/mol. The van der Waals surface area contributed by atoms with E-state index in [2.05, 4.69) is 22.2 Å². The summed E-state index contributed by atoms with van der Waals surface area (Å²) >= 11 is 6.20. The van der Waals surface area contributed by atoms with Crippen LogP contribution in [0.1, 0.15) is 17.3 Å². The number of halogens is 1. The molecule has 2 aromatic rings. The number of carbonyl (C=O) groups excluding carboxylic acids is 1. The molecule has 1 aliphatic heterocycles. The van der Waals surface area contributed by atoms with Crippen LogP contribution in [0.5, 0.6) is 11.5 Å². The van der Waals surface area contributed by atoms with Crippen LogP contribution < -0.4 is 19.7 Å². The van der Waals surface area contributed by atoms with Crippen molar-refractivity contribution in [1.29, 1.82) is 0 Å². The van der Waals surface area contributed by atoms with Crippen molar-refractivity contribution in [3.05, 3.63) is 47.0 Å². The van der Waals surface area contributed by atoms with Crippen LogP contribution in [-0.4, -0.2) is 57.8 Å². The molecule has 0 spiro atoms. The third-order valence-electron chi connectivity index (χ3n) is 4.78. The first kappa shape index (κ1) is 20.3. The van der Waals surface area contributed by atoms with Crippen molar-refractivity contribution in [3.63, 3.8) is 0 Å². The molecule has 2 aromatic carbocycles. The lowest BCUT2D eigenvalue weighted by atomic mass is 10.1. The Bertz CT molecular complexity index is 836. The molecule has 0 aromatic heterocycles. The standard InChI is InChI=1S/C21H26ClN3O3/c1-4-28-20-13-15(5-8-19(20)27-3)21(26)23-17-14-16(22)6-7-18(17)25-11-9-24(2)10-12-25/h5-8,13-14H,4,9-12H2,1-3H3,(H,23,26). The average Bonchev–Trinajstić information content (AvgIpc) is 2.69. The van der Waals surface area contributed by atoms with Crippen LogP contribution in [0.25, 0.3) is 0 Å². The minimum Gasteiger partial charge on any atom is -0.493 e. The van der Waals surface area contributed by atoms with Crippen molar-refractivity contribution in [2.24, 2.45) is 0 Å². The molecule has 1 aliphatic rings. The Kier molecular flexibility index (Phi) is 6.65. The summed E-state index contributed by atoms with van der Waals surface area (Å²) in [5.41, 5.74) is 2.17. The molecule has 1 saturated heterocycles. The SMILES string of the molecule is CCOc1cc(C(=O)Nc2cc(Cl)ccc2N2CCN(C)CC2)ccc1OC. The van der Waals surface area contributed by atoms with E-state index in [4.69, 9.17) is 21.1 Å². The van der Waals surface area contributed by atoms with Gasteiger partial charge in [0.2, 0.25) is 0 Å². The first-order valence-corrected chi connectivity index (χ1v) is 9.75. The van der Waals surface area contributed by atoms with Crippen molar-refractivity contribution in [2.45, 2.75) is 6.92 Å². The van der Waals surface area contributed by atoms with Crippen molar-refractivity contribution in [2.75, 3.05) is 57.2 Å². The maximum Gasteiger partial charge on any atom is 0.255 e. The molecule has 0 atom stereocenters. The molecule has 1 heterocycles. The summed E-state index contributed by atoms with van der Waals surface area (Å²) in [6, 6.07) is 10.8. The smallest absolute Gasteiger partial charge is 0.255 e. The number of amides is 1. The van der Waals surface area contributed by atoms with E-state index in [1.807, 2.05) is 19.1 Å². The highest BCUT2D eigenvalue weighted by Gasteiger charge is 2.19. The zero-order chi connectivity index (χ0) is 20.1. The minimum atomic E-state index is -0.221. The predicted octanol–water partition coefficient (Wildman–Crippen LogP) is 3.75. The van der Waals surface area contributed by atoms with E-state index in [1.54, 1.807) is 31.4 Å². The molecule has 7 heteroatoms. The predicted molar refractivity (Wildman–Crippen MR) is 113 cm³/mol. The molecule has 150 valence electrons. The zero-order valence-electron chi connectivity index (χ0n) is 16.5. The molecular formula is C21H26ClN3O3. The number of hydrogen-bond acceptors (Lipinski definition) is 5. The fraction of sp³-hybridized carbons (Fsp3) is 0.381. The van der Waals surface area contributed by atoms with Gasteiger partial charge in [-0.15, -0.1) is 0 Å². The molecule has 3 rings (SSSR count). The normalized spacial score (nSPS) is 14.6. The van der Waals surface area contributed by atoms with Crippen LogP contribution in [0.4, 0.5) is 11.4 Å². The van der Waals surface area contributed by atoms with Gasteiger partial charge in [-0.25, -0.2) is 0 Å². The van der Waals surface area contributed by atoms with E-state index in [0.29, 0.717) is 34.4 Å². The fourth-order valence-electron chi connectivity index (χ4n) is 3.21. The Morgan fingerprint density at radius 3 is 2.54 bits per heavy atom. The quantitative estimate of drug-likeness (QED) is 0.796. The summed E-state index contributed by atoms with van der Waals surface area (Å²) in [5.74, 6) is 0.920. The van der Waals surface area contributed by atoms with Crippen molar-refractivity contribution in [1.82, 2.24) is 4.90 Å². The summed E-state index contributed by atoms with van der Waals surface area (Å²) in [7, 11) is 3.69. The molecule has 0 saturated carbocycles. The molecule has 1 N–H and O–H groups in total. The lowest BCUT2D eigenvalue weighted by molar-refractivity contribution is 0.102. The minimum absolute atomic E-state index is 0.221. The van der Waals surface area contributed by atoms with Crippen LogP contribution in [0, 0.1) is 0 Å². The van der Waals surface area contributed by atoms with Gasteiger partial charge >= 0.3 is 0 Å². The molecule has 1 amide bonds. The van der Waals surface area contributed by atoms with Gasteiger partial charge in [0.25, 0.3) is 5.91 Å². The van der Waals surface area contributed by atoms with Gasteiger partial charge in [-0.05, 0) is 50.4 Å². The highest BCUT2D eigenvalue weighted by atomic mass is 35.5. The molecule has 1 fully saturated rings. The van der Waals surface area contributed by atoms with Gasteiger partial charge in [0, 0.05) is 36.8 Å². The molecule has 0 aliphatic carbocycles. The number of likely N-dealkylation sites (N-methyl/N-ethyl adjacent to an activating group) is 1.